The van der Waals surface area contributed by atoms with Crippen molar-refractivity contribution in [3.8, 4) is 0 Å². The average molecular weight is 278 g/mol. The quantitative estimate of drug-likeness (QED) is 0.734. The molecule has 5 heteroatoms. The molecule has 1 amide bonds. The van der Waals surface area contributed by atoms with E-state index in [0.29, 0.717) is 12.1 Å². The molecule has 5 nitrogen and oxygen atoms in total. The van der Waals surface area contributed by atoms with Crippen LogP contribution in [-0.4, -0.2) is 56.1 Å². The van der Waals surface area contributed by atoms with E-state index in [4.69, 9.17) is 0 Å². The first-order chi connectivity index (χ1) is 9.58. The Balaban J connectivity index is 2.49. The van der Waals surface area contributed by atoms with Crippen molar-refractivity contribution in [2.75, 3.05) is 45.2 Å². The number of rotatable bonds is 8. The van der Waals surface area contributed by atoms with E-state index >= 15 is 0 Å². The number of aromatic nitrogens is 1. The van der Waals surface area contributed by atoms with Gasteiger partial charge in [0.2, 0.25) is 0 Å². The zero-order valence-corrected chi connectivity index (χ0v) is 13.0. The normalized spacial score (nSPS) is 10.7. The van der Waals surface area contributed by atoms with Crippen LogP contribution in [0.4, 0.5) is 5.82 Å². The second kappa shape index (κ2) is 8.53. The molecule has 0 spiro atoms. The zero-order valence-electron chi connectivity index (χ0n) is 13.0. The van der Waals surface area contributed by atoms with E-state index in [0.717, 1.165) is 31.9 Å². The maximum Gasteiger partial charge on any atom is 0.252 e. The van der Waals surface area contributed by atoms with Gasteiger partial charge in [-0.3, -0.25) is 4.79 Å². The van der Waals surface area contributed by atoms with Gasteiger partial charge in [-0.1, -0.05) is 0 Å². The Morgan fingerprint density at radius 2 is 1.95 bits per heavy atom. The highest BCUT2D eigenvalue weighted by atomic mass is 16.1. The maximum absolute atomic E-state index is 11.9. The summed E-state index contributed by atoms with van der Waals surface area (Å²) in [7, 11) is 4.05. The molecule has 0 atom stereocenters. The molecule has 0 aromatic carbocycles. The second-order valence-corrected chi connectivity index (χ2v) is 4.99. The summed E-state index contributed by atoms with van der Waals surface area (Å²) in [5.74, 6) is 0.863. The largest absolute Gasteiger partial charge is 0.357 e. The van der Waals surface area contributed by atoms with Crippen molar-refractivity contribution >= 4 is 11.7 Å². The number of carbonyl (C=O) groups excluding carboxylic acids is 1. The average Bonchev–Trinajstić information content (AvgIpc) is 2.45. The molecule has 0 bridgehead atoms. The molecular weight excluding hydrogens is 252 g/mol. The Labute approximate surface area is 122 Å². The van der Waals surface area contributed by atoms with Crippen molar-refractivity contribution in [3.63, 3.8) is 0 Å². The minimum absolute atomic E-state index is 0.0534. The monoisotopic (exact) mass is 278 g/mol. The summed E-state index contributed by atoms with van der Waals surface area (Å²) in [4.78, 5) is 20.5. The molecule has 0 saturated heterocycles. The van der Waals surface area contributed by atoms with Crippen molar-refractivity contribution in [1.29, 1.82) is 0 Å². The predicted molar refractivity (Wildman–Crippen MR) is 83.3 cm³/mol. The van der Waals surface area contributed by atoms with E-state index in [9.17, 15) is 4.79 Å². The van der Waals surface area contributed by atoms with Gasteiger partial charge in [0, 0.05) is 25.8 Å². The lowest BCUT2D eigenvalue weighted by atomic mass is 10.2. The van der Waals surface area contributed by atoms with Gasteiger partial charge in [0.1, 0.15) is 5.82 Å². The molecule has 112 valence electrons. The molecule has 1 rings (SSSR count). The fourth-order valence-electron chi connectivity index (χ4n) is 1.95. The summed E-state index contributed by atoms with van der Waals surface area (Å²) in [6, 6.07) is 3.74. The number of nitrogens with one attached hydrogen (secondary N) is 1. The van der Waals surface area contributed by atoms with Crippen molar-refractivity contribution in [3.05, 3.63) is 23.9 Å². The van der Waals surface area contributed by atoms with E-state index in [1.165, 1.54) is 0 Å². The van der Waals surface area contributed by atoms with Crippen LogP contribution in [0.2, 0.25) is 0 Å². The first-order valence-corrected chi connectivity index (χ1v) is 7.22. The van der Waals surface area contributed by atoms with Crippen LogP contribution in [0.5, 0.6) is 0 Å². The van der Waals surface area contributed by atoms with Crippen LogP contribution in [0, 0.1) is 0 Å². The highest BCUT2D eigenvalue weighted by Crippen LogP contribution is 2.10. The van der Waals surface area contributed by atoms with Crippen molar-refractivity contribution in [2.24, 2.45) is 0 Å². The molecule has 1 N–H and O–H groups in total. The van der Waals surface area contributed by atoms with Gasteiger partial charge in [-0.05, 0) is 53.0 Å². The minimum Gasteiger partial charge on any atom is -0.357 e. The summed E-state index contributed by atoms with van der Waals surface area (Å²) < 4.78 is 0. The molecule has 1 heterocycles. The van der Waals surface area contributed by atoms with E-state index in [1.807, 2.05) is 26.2 Å². The maximum atomic E-state index is 11.9. The van der Waals surface area contributed by atoms with E-state index < -0.39 is 0 Å². The molecule has 0 fully saturated rings. The molecule has 0 aliphatic carbocycles. The number of anilines is 1. The lowest BCUT2D eigenvalue weighted by Gasteiger charge is -2.19. The summed E-state index contributed by atoms with van der Waals surface area (Å²) in [5, 5.41) is 2.91. The van der Waals surface area contributed by atoms with Crippen molar-refractivity contribution < 1.29 is 4.79 Å². The summed E-state index contributed by atoms with van der Waals surface area (Å²) in [6.07, 6.45) is 2.60. The Bertz CT molecular complexity index is 399. The first-order valence-electron chi connectivity index (χ1n) is 7.22. The van der Waals surface area contributed by atoms with Crippen LogP contribution >= 0.6 is 0 Å². The van der Waals surface area contributed by atoms with Crippen LogP contribution in [0.3, 0.4) is 0 Å². The third kappa shape index (κ3) is 5.17. The lowest BCUT2D eigenvalue weighted by Crippen LogP contribution is -2.27. The zero-order chi connectivity index (χ0) is 15.0. The second-order valence-electron chi connectivity index (χ2n) is 4.99. The van der Waals surface area contributed by atoms with Crippen LogP contribution in [0.15, 0.2) is 18.3 Å². The Hall–Kier alpha value is -1.62. The molecule has 1 aromatic heterocycles. The van der Waals surface area contributed by atoms with Gasteiger partial charge in [0.25, 0.3) is 5.91 Å². The molecule has 0 aliphatic rings. The Morgan fingerprint density at radius 1 is 1.25 bits per heavy atom. The minimum atomic E-state index is -0.0534. The van der Waals surface area contributed by atoms with E-state index in [-0.39, 0.29) is 5.91 Å². The summed E-state index contributed by atoms with van der Waals surface area (Å²) in [5.41, 5.74) is 0.616. The number of carbonyl (C=O) groups is 1. The first kappa shape index (κ1) is 16.4. The van der Waals surface area contributed by atoms with Crippen LogP contribution in [0.25, 0.3) is 0 Å². The van der Waals surface area contributed by atoms with Gasteiger partial charge in [-0.2, -0.15) is 0 Å². The van der Waals surface area contributed by atoms with E-state index in [1.54, 1.807) is 6.20 Å². The van der Waals surface area contributed by atoms with Gasteiger partial charge in [-0.25, -0.2) is 4.98 Å². The van der Waals surface area contributed by atoms with Crippen LogP contribution in [-0.2, 0) is 0 Å². The van der Waals surface area contributed by atoms with Gasteiger partial charge < -0.3 is 15.1 Å². The number of hydrogen-bond acceptors (Lipinski definition) is 4. The molecule has 0 aliphatic heterocycles. The molecular formula is C15H26N4O. The van der Waals surface area contributed by atoms with Gasteiger partial charge in [0.05, 0.1) is 5.56 Å². The highest BCUT2D eigenvalue weighted by molar-refractivity contribution is 5.94. The number of nitrogens with zero attached hydrogens (tertiary/aromatic N) is 3. The Kier molecular flexibility index (Phi) is 7.01. The molecule has 0 unspecified atom stereocenters. The third-order valence-electron chi connectivity index (χ3n) is 3.17. The standard InChI is InChI=1S/C15H26N4O/c1-5-19(6-2)14-9-8-13(12-17-14)15(20)16-10-7-11-18(3)4/h8-9,12H,5-7,10-11H2,1-4H3,(H,16,20). The highest BCUT2D eigenvalue weighted by Gasteiger charge is 2.07. The van der Waals surface area contributed by atoms with Crippen LogP contribution in [0.1, 0.15) is 30.6 Å². The number of hydrogen-bond donors (Lipinski definition) is 1. The summed E-state index contributed by atoms with van der Waals surface area (Å²) >= 11 is 0. The lowest BCUT2D eigenvalue weighted by molar-refractivity contribution is 0.0952. The predicted octanol–water partition coefficient (Wildman–Crippen LogP) is 1.61. The molecule has 1 aromatic rings. The summed E-state index contributed by atoms with van der Waals surface area (Å²) in [6.45, 7) is 7.68. The number of amides is 1. The number of pyridine rings is 1. The molecule has 0 radical (unpaired) electrons. The van der Waals surface area contributed by atoms with Crippen molar-refractivity contribution in [2.45, 2.75) is 20.3 Å². The van der Waals surface area contributed by atoms with Gasteiger partial charge >= 0.3 is 0 Å². The van der Waals surface area contributed by atoms with Gasteiger partial charge in [-0.15, -0.1) is 0 Å². The molecule has 0 saturated carbocycles. The SMILES string of the molecule is CCN(CC)c1ccc(C(=O)NCCCN(C)C)cn1. The van der Waals surface area contributed by atoms with Crippen molar-refractivity contribution in [1.82, 2.24) is 15.2 Å². The van der Waals surface area contributed by atoms with Gasteiger partial charge in [0.15, 0.2) is 0 Å². The molecule has 20 heavy (non-hydrogen) atoms. The fourth-order valence-corrected chi connectivity index (χ4v) is 1.95. The fraction of sp³-hybridized carbons (Fsp3) is 0.600. The van der Waals surface area contributed by atoms with E-state index in [2.05, 4.69) is 33.9 Å². The third-order valence-corrected chi connectivity index (χ3v) is 3.17. The Morgan fingerprint density at radius 3 is 2.45 bits per heavy atom. The topological polar surface area (TPSA) is 48.5 Å². The van der Waals surface area contributed by atoms with Crippen LogP contribution < -0.4 is 10.2 Å². The smallest absolute Gasteiger partial charge is 0.252 e.